The quantitative estimate of drug-likeness (QED) is 0.261. The van der Waals surface area contributed by atoms with Gasteiger partial charge in [0.05, 0.1) is 19.0 Å². The van der Waals surface area contributed by atoms with Gasteiger partial charge in [0.2, 0.25) is 10.0 Å². The van der Waals surface area contributed by atoms with Crippen molar-refractivity contribution in [1.29, 1.82) is 0 Å². The first-order valence-corrected chi connectivity index (χ1v) is 17.3. The van der Waals surface area contributed by atoms with Crippen LogP contribution >= 0.6 is 0 Å². The van der Waals surface area contributed by atoms with Crippen LogP contribution in [-0.4, -0.2) is 95.5 Å². The minimum absolute atomic E-state index is 0.117. The van der Waals surface area contributed by atoms with Crippen molar-refractivity contribution in [3.63, 3.8) is 0 Å². The van der Waals surface area contributed by atoms with E-state index in [-0.39, 0.29) is 30.3 Å². The second-order valence-electron chi connectivity index (χ2n) is 13.0. The molecule has 256 valence electrons. The number of hydrogen-bond donors (Lipinski definition) is 1. The van der Waals surface area contributed by atoms with Crippen molar-refractivity contribution in [2.75, 3.05) is 53.6 Å². The molecule has 46 heavy (non-hydrogen) atoms. The number of likely N-dealkylation sites (tertiary alicyclic amines) is 1. The Balaban J connectivity index is 1.83. The second kappa shape index (κ2) is 16.5. The van der Waals surface area contributed by atoms with Gasteiger partial charge in [0.15, 0.2) is 11.5 Å². The highest BCUT2D eigenvalue weighted by atomic mass is 32.2. The minimum Gasteiger partial charge on any atom is -0.493 e. The summed E-state index contributed by atoms with van der Waals surface area (Å²) in [6.45, 7) is 12.9. The monoisotopic (exact) mass is 661 g/mol. The zero-order chi connectivity index (χ0) is 34.1. The molecule has 3 rings (SSSR count). The molecule has 1 saturated heterocycles. The highest BCUT2D eigenvalue weighted by molar-refractivity contribution is 7.89. The molecule has 0 bridgehead atoms. The van der Waals surface area contributed by atoms with Crippen LogP contribution < -0.4 is 14.2 Å². The SMILES string of the molecule is COCCCOc1cc(C(=O)N(C[C@@H]2CN(C(=O)OC(C)(C)C)C[C@H]2CNS(=O)(=O)C(C)c2ccccc2)C(C)C)ccc1OC. The van der Waals surface area contributed by atoms with Gasteiger partial charge in [-0.1, -0.05) is 30.3 Å². The lowest BCUT2D eigenvalue weighted by Gasteiger charge is -2.32. The lowest BCUT2D eigenvalue weighted by Crippen LogP contribution is -2.44. The van der Waals surface area contributed by atoms with E-state index in [1.165, 1.54) is 0 Å². The first-order valence-electron chi connectivity index (χ1n) is 15.8. The van der Waals surface area contributed by atoms with Crippen molar-refractivity contribution in [3.8, 4) is 11.5 Å². The molecule has 0 saturated carbocycles. The van der Waals surface area contributed by atoms with E-state index in [1.807, 2.05) is 32.0 Å². The third-order valence-electron chi connectivity index (χ3n) is 7.99. The second-order valence-corrected chi connectivity index (χ2v) is 15.0. The van der Waals surface area contributed by atoms with Gasteiger partial charge in [-0.15, -0.1) is 0 Å². The van der Waals surface area contributed by atoms with E-state index >= 15 is 0 Å². The van der Waals surface area contributed by atoms with E-state index < -0.39 is 27.0 Å². The summed E-state index contributed by atoms with van der Waals surface area (Å²) in [5, 5.41) is -0.759. The van der Waals surface area contributed by atoms with Crippen LogP contribution in [0.5, 0.6) is 11.5 Å². The van der Waals surface area contributed by atoms with Crippen LogP contribution in [0.3, 0.4) is 0 Å². The predicted molar refractivity (Wildman–Crippen MR) is 178 cm³/mol. The van der Waals surface area contributed by atoms with Gasteiger partial charge in [-0.05, 0) is 71.2 Å². The Labute approximate surface area is 274 Å². The van der Waals surface area contributed by atoms with Crippen LogP contribution in [0.2, 0.25) is 0 Å². The molecule has 1 fully saturated rings. The van der Waals surface area contributed by atoms with E-state index in [2.05, 4.69) is 4.72 Å². The molecule has 1 aliphatic heterocycles. The average molecular weight is 662 g/mol. The van der Waals surface area contributed by atoms with E-state index in [1.54, 1.807) is 82.0 Å². The molecule has 11 nitrogen and oxygen atoms in total. The fourth-order valence-corrected chi connectivity index (χ4v) is 6.57. The number of ether oxygens (including phenoxy) is 4. The number of carbonyl (C=O) groups excluding carboxylic acids is 2. The van der Waals surface area contributed by atoms with Crippen molar-refractivity contribution in [2.45, 2.75) is 64.9 Å². The summed E-state index contributed by atoms with van der Waals surface area (Å²) in [6.07, 6.45) is 0.217. The molecular formula is C34H51N3O8S. The fourth-order valence-electron chi connectivity index (χ4n) is 5.36. The molecule has 1 heterocycles. The summed E-state index contributed by atoms with van der Waals surface area (Å²) in [7, 11) is -0.543. The van der Waals surface area contributed by atoms with E-state index in [9.17, 15) is 18.0 Å². The molecule has 0 spiro atoms. The van der Waals surface area contributed by atoms with Crippen LogP contribution in [0.25, 0.3) is 0 Å². The largest absolute Gasteiger partial charge is 0.493 e. The molecule has 1 aliphatic rings. The average Bonchev–Trinajstić information content (AvgIpc) is 3.42. The van der Waals surface area contributed by atoms with Crippen LogP contribution in [0.15, 0.2) is 48.5 Å². The van der Waals surface area contributed by atoms with E-state index in [4.69, 9.17) is 18.9 Å². The number of rotatable bonds is 15. The van der Waals surface area contributed by atoms with Crippen molar-refractivity contribution in [1.82, 2.24) is 14.5 Å². The Hall–Kier alpha value is -3.35. The first kappa shape index (κ1) is 37.1. The molecule has 12 heteroatoms. The highest BCUT2D eigenvalue weighted by Crippen LogP contribution is 2.31. The molecule has 0 aliphatic carbocycles. The molecule has 1 N–H and O–H groups in total. The Kier molecular flexibility index (Phi) is 13.3. The van der Waals surface area contributed by atoms with Gasteiger partial charge in [0.1, 0.15) is 5.60 Å². The number of carbonyl (C=O) groups is 2. The van der Waals surface area contributed by atoms with Gasteiger partial charge in [0, 0.05) is 63.8 Å². The Morgan fingerprint density at radius 1 is 0.978 bits per heavy atom. The molecule has 0 aromatic heterocycles. The number of benzene rings is 2. The van der Waals surface area contributed by atoms with Crippen LogP contribution in [0, 0.1) is 11.8 Å². The normalized spacial score (nSPS) is 17.5. The molecule has 0 radical (unpaired) electrons. The minimum atomic E-state index is -3.72. The maximum absolute atomic E-state index is 14.0. The number of amides is 2. The molecular weight excluding hydrogens is 610 g/mol. The smallest absolute Gasteiger partial charge is 0.410 e. The Morgan fingerprint density at radius 3 is 2.26 bits per heavy atom. The standard InChI is InChI=1S/C34H51N3O8S/c1-24(2)37(32(38)27-15-16-30(43-8)31(19-27)44-18-12-17-42-7)23-29-22-36(33(39)45-34(4,5)6)21-28(29)20-35-46(40,41)25(3)26-13-10-9-11-14-26/h9-11,13-16,19,24-25,28-29,35H,12,17-18,20-23H2,1-8H3/t25?,28-,29+/m1/s1. The van der Waals surface area contributed by atoms with Crippen LogP contribution in [0.1, 0.15) is 69.1 Å². The molecule has 2 aromatic carbocycles. The van der Waals surface area contributed by atoms with Crippen molar-refractivity contribution in [3.05, 3.63) is 59.7 Å². The van der Waals surface area contributed by atoms with Crippen molar-refractivity contribution >= 4 is 22.0 Å². The summed E-state index contributed by atoms with van der Waals surface area (Å²) in [5.74, 6) is 0.314. The number of methoxy groups -OCH3 is 2. The Bertz CT molecular complexity index is 1390. The number of nitrogens with one attached hydrogen (secondary N) is 1. The summed E-state index contributed by atoms with van der Waals surface area (Å²) < 4.78 is 51.5. The predicted octanol–water partition coefficient (Wildman–Crippen LogP) is 5.12. The maximum Gasteiger partial charge on any atom is 0.410 e. The fraction of sp³-hybridized carbons (Fsp3) is 0.588. The van der Waals surface area contributed by atoms with E-state index in [0.717, 1.165) is 0 Å². The molecule has 2 aromatic rings. The first-order chi connectivity index (χ1) is 21.7. The number of nitrogens with zero attached hydrogens (tertiary/aromatic N) is 2. The maximum atomic E-state index is 14.0. The van der Waals surface area contributed by atoms with Crippen molar-refractivity contribution in [2.24, 2.45) is 11.8 Å². The highest BCUT2D eigenvalue weighted by Gasteiger charge is 2.40. The third kappa shape index (κ3) is 10.3. The van der Waals surface area contributed by atoms with E-state index in [0.29, 0.717) is 61.9 Å². The summed E-state index contributed by atoms with van der Waals surface area (Å²) in [4.78, 5) is 30.4. The van der Waals surface area contributed by atoms with Gasteiger partial charge in [-0.3, -0.25) is 4.79 Å². The zero-order valence-electron chi connectivity index (χ0n) is 28.4. The summed E-state index contributed by atoms with van der Waals surface area (Å²) >= 11 is 0. The molecule has 1 unspecified atom stereocenters. The summed E-state index contributed by atoms with van der Waals surface area (Å²) in [6, 6.07) is 14.0. The molecule has 2 amide bonds. The number of sulfonamides is 1. The Morgan fingerprint density at radius 2 is 1.65 bits per heavy atom. The van der Waals surface area contributed by atoms with Crippen LogP contribution in [0.4, 0.5) is 4.79 Å². The lowest BCUT2D eigenvalue weighted by atomic mass is 9.95. The lowest BCUT2D eigenvalue weighted by molar-refractivity contribution is 0.0282. The van der Waals surface area contributed by atoms with Gasteiger partial charge < -0.3 is 28.7 Å². The van der Waals surface area contributed by atoms with Crippen LogP contribution in [-0.2, 0) is 19.5 Å². The molecule has 3 atom stereocenters. The topological polar surface area (TPSA) is 124 Å². The van der Waals surface area contributed by atoms with Gasteiger partial charge in [-0.2, -0.15) is 0 Å². The summed E-state index contributed by atoms with van der Waals surface area (Å²) in [5.41, 5.74) is 0.438. The van der Waals surface area contributed by atoms with Gasteiger partial charge in [0.25, 0.3) is 5.91 Å². The number of hydrogen-bond acceptors (Lipinski definition) is 8. The van der Waals surface area contributed by atoms with Crippen molar-refractivity contribution < 1.29 is 37.0 Å². The van der Waals surface area contributed by atoms with Gasteiger partial charge >= 0.3 is 6.09 Å². The van der Waals surface area contributed by atoms with Gasteiger partial charge in [-0.25, -0.2) is 17.9 Å². The zero-order valence-corrected chi connectivity index (χ0v) is 29.3. The third-order valence-corrected chi connectivity index (χ3v) is 9.76.